The van der Waals surface area contributed by atoms with Crippen LogP contribution >= 0.6 is 0 Å². The van der Waals surface area contributed by atoms with Gasteiger partial charge in [0, 0.05) is 33.4 Å². The first-order valence-electron chi connectivity index (χ1n) is 9.77. The topological polar surface area (TPSA) is 54.9 Å². The largest absolute Gasteiger partial charge is 0.496 e. The van der Waals surface area contributed by atoms with Gasteiger partial charge >= 0.3 is 0 Å². The average molecular weight is 362 g/mol. The van der Waals surface area contributed by atoms with Crippen LogP contribution in [0.2, 0.25) is 0 Å². The van der Waals surface area contributed by atoms with Crippen LogP contribution in [-0.4, -0.2) is 46.4 Å². The molecule has 146 valence electrons. The maximum atomic E-state index is 5.41. The Kier molecular flexibility index (Phi) is 8.23. The van der Waals surface area contributed by atoms with Crippen LogP contribution in [0.1, 0.15) is 43.7 Å². The van der Waals surface area contributed by atoms with Crippen LogP contribution in [0.25, 0.3) is 0 Å². The standard InChI is InChI=1S/C21H35N3O2/c1-5-22-20(24-16-21(10-6-11-21)12-14-25-3)23-13-9-18-8-7-17(2)19(15-18)26-4/h7-8,15H,5-6,9-14,16H2,1-4H3,(H2,22,23,24). The lowest BCUT2D eigenvalue weighted by Crippen LogP contribution is -2.41. The molecule has 0 atom stereocenters. The van der Waals surface area contributed by atoms with E-state index in [1.165, 1.54) is 30.4 Å². The molecule has 5 heteroatoms. The number of aliphatic imine (C=N–C) groups is 1. The van der Waals surface area contributed by atoms with Gasteiger partial charge in [0.2, 0.25) is 0 Å². The highest BCUT2D eigenvalue weighted by molar-refractivity contribution is 5.79. The highest BCUT2D eigenvalue weighted by Crippen LogP contribution is 2.44. The van der Waals surface area contributed by atoms with Crippen LogP contribution in [0, 0.1) is 12.3 Å². The van der Waals surface area contributed by atoms with E-state index >= 15 is 0 Å². The van der Waals surface area contributed by atoms with E-state index in [1.807, 2.05) is 0 Å². The van der Waals surface area contributed by atoms with Crippen molar-refractivity contribution in [3.63, 3.8) is 0 Å². The van der Waals surface area contributed by atoms with Crippen LogP contribution in [0.4, 0.5) is 0 Å². The molecule has 0 aliphatic heterocycles. The molecule has 1 aliphatic rings. The quantitative estimate of drug-likeness (QED) is 0.496. The fraction of sp³-hybridized carbons (Fsp3) is 0.667. The molecule has 0 spiro atoms. The Morgan fingerprint density at radius 2 is 2.04 bits per heavy atom. The van der Waals surface area contributed by atoms with Crippen LogP contribution in [0.15, 0.2) is 23.2 Å². The van der Waals surface area contributed by atoms with E-state index in [1.54, 1.807) is 14.2 Å². The summed E-state index contributed by atoms with van der Waals surface area (Å²) in [6.45, 7) is 7.60. The first-order valence-corrected chi connectivity index (χ1v) is 9.77. The SMILES string of the molecule is CCNC(=NCC1(CCOC)CCC1)NCCc1ccc(C)c(OC)c1. The van der Waals surface area contributed by atoms with Gasteiger partial charge in [-0.1, -0.05) is 18.6 Å². The van der Waals surface area contributed by atoms with Gasteiger partial charge in [0.1, 0.15) is 5.75 Å². The molecule has 1 fully saturated rings. The average Bonchev–Trinajstić information content (AvgIpc) is 2.61. The predicted molar refractivity (Wildman–Crippen MR) is 108 cm³/mol. The lowest BCUT2D eigenvalue weighted by molar-refractivity contribution is 0.0778. The van der Waals surface area contributed by atoms with Crippen LogP contribution < -0.4 is 15.4 Å². The molecular formula is C21H35N3O2. The lowest BCUT2D eigenvalue weighted by atomic mass is 9.67. The van der Waals surface area contributed by atoms with Gasteiger partial charge in [-0.05, 0) is 62.1 Å². The first-order chi connectivity index (χ1) is 12.6. The number of methoxy groups -OCH3 is 2. The summed E-state index contributed by atoms with van der Waals surface area (Å²) in [4.78, 5) is 4.85. The molecule has 26 heavy (non-hydrogen) atoms. The Bertz CT molecular complexity index is 583. The van der Waals surface area contributed by atoms with E-state index in [-0.39, 0.29) is 0 Å². The van der Waals surface area contributed by atoms with Crippen molar-refractivity contribution in [2.24, 2.45) is 10.4 Å². The molecular weight excluding hydrogens is 326 g/mol. The summed E-state index contributed by atoms with van der Waals surface area (Å²) in [6, 6.07) is 6.40. The van der Waals surface area contributed by atoms with Crippen LogP contribution in [-0.2, 0) is 11.2 Å². The second-order valence-electron chi connectivity index (χ2n) is 7.27. The molecule has 0 radical (unpaired) electrons. The van der Waals surface area contributed by atoms with Crippen molar-refractivity contribution in [3.8, 4) is 5.75 Å². The van der Waals surface area contributed by atoms with E-state index in [9.17, 15) is 0 Å². The zero-order valence-corrected chi connectivity index (χ0v) is 16.9. The molecule has 0 saturated heterocycles. The Labute approximate surface area is 158 Å². The second-order valence-corrected chi connectivity index (χ2v) is 7.27. The number of rotatable bonds is 10. The number of aryl methyl sites for hydroxylation is 1. The molecule has 0 aromatic heterocycles. The molecule has 0 amide bonds. The van der Waals surface area contributed by atoms with Gasteiger partial charge in [-0.3, -0.25) is 4.99 Å². The van der Waals surface area contributed by atoms with E-state index < -0.39 is 0 Å². The van der Waals surface area contributed by atoms with Gasteiger partial charge < -0.3 is 20.1 Å². The zero-order chi connectivity index (χ0) is 18.8. The van der Waals surface area contributed by atoms with Crippen molar-refractivity contribution in [2.45, 2.75) is 46.0 Å². The summed E-state index contributed by atoms with van der Waals surface area (Å²) in [5, 5.41) is 6.83. The van der Waals surface area contributed by atoms with Crippen molar-refractivity contribution in [1.29, 1.82) is 0 Å². The molecule has 2 rings (SSSR count). The number of guanidine groups is 1. The summed E-state index contributed by atoms with van der Waals surface area (Å²) in [7, 11) is 3.50. The maximum Gasteiger partial charge on any atom is 0.191 e. The molecule has 1 saturated carbocycles. The molecule has 1 aliphatic carbocycles. The Morgan fingerprint density at radius 3 is 2.65 bits per heavy atom. The number of nitrogens with one attached hydrogen (secondary N) is 2. The van der Waals surface area contributed by atoms with Crippen LogP contribution in [0.3, 0.4) is 0 Å². The maximum absolute atomic E-state index is 5.41. The summed E-state index contributed by atoms with van der Waals surface area (Å²) in [6.07, 6.45) is 5.90. The third-order valence-electron chi connectivity index (χ3n) is 5.35. The molecule has 0 bridgehead atoms. The van der Waals surface area contributed by atoms with Crippen molar-refractivity contribution in [2.75, 3.05) is 40.5 Å². The predicted octanol–water partition coefficient (Wildman–Crippen LogP) is 3.31. The normalized spacial score (nSPS) is 16.1. The highest BCUT2D eigenvalue weighted by atomic mass is 16.5. The number of hydrogen-bond acceptors (Lipinski definition) is 3. The van der Waals surface area contributed by atoms with Gasteiger partial charge in [-0.25, -0.2) is 0 Å². The Hall–Kier alpha value is -1.75. The van der Waals surface area contributed by atoms with E-state index in [0.717, 1.165) is 50.8 Å². The Balaban J connectivity index is 1.87. The minimum Gasteiger partial charge on any atom is -0.496 e. The fourth-order valence-corrected chi connectivity index (χ4v) is 3.42. The van der Waals surface area contributed by atoms with E-state index in [0.29, 0.717) is 5.41 Å². The molecule has 0 heterocycles. The second kappa shape index (κ2) is 10.4. The minimum atomic E-state index is 0.350. The van der Waals surface area contributed by atoms with Crippen molar-refractivity contribution >= 4 is 5.96 Å². The smallest absolute Gasteiger partial charge is 0.191 e. The molecule has 5 nitrogen and oxygen atoms in total. The lowest BCUT2D eigenvalue weighted by Gasteiger charge is -2.40. The van der Waals surface area contributed by atoms with Crippen molar-refractivity contribution in [1.82, 2.24) is 10.6 Å². The molecule has 0 unspecified atom stereocenters. The fourth-order valence-electron chi connectivity index (χ4n) is 3.42. The first kappa shape index (κ1) is 20.6. The minimum absolute atomic E-state index is 0.350. The van der Waals surface area contributed by atoms with Gasteiger partial charge in [0.15, 0.2) is 5.96 Å². The molecule has 2 N–H and O–H groups in total. The summed E-state index contributed by atoms with van der Waals surface area (Å²) in [5.74, 6) is 1.86. The number of benzene rings is 1. The van der Waals surface area contributed by atoms with Gasteiger partial charge in [0.25, 0.3) is 0 Å². The van der Waals surface area contributed by atoms with Gasteiger partial charge in [0.05, 0.1) is 7.11 Å². The molecule has 1 aromatic carbocycles. The van der Waals surface area contributed by atoms with Gasteiger partial charge in [-0.2, -0.15) is 0 Å². The highest BCUT2D eigenvalue weighted by Gasteiger charge is 2.36. The third kappa shape index (κ3) is 5.90. The van der Waals surface area contributed by atoms with E-state index in [4.69, 9.17) is 14.5 Å². The third-order valence-corrected chi connectivity index (χ3v) is 5.35. The van der Waals surface area contributed by atoms with Gasteiger partial charge in [-0.15, -0.1) is 0 Å². The zero-order valence-electron chi connectivity index (χ0n) is 16.9. The number of hydrogen-bond donors (Lipinski definition) is 2. The monoisotopic (exact) mass is 361 g/mol. The Morgan fingerprint density at radius 1 is 1.23 bits per heavy atom. The number of ether oxygens (including phenoxy) is 2. The van der Waals surface area contributed by atoms with Crippen molar-refractivity contribution in [3.05, 3.63) is 29.3 Å². The summed E-state index contributed by atoms with van der Waals surface area (Å²) >= 11 is 0. The summed E-state index contributed by atoms with van der Waals surface area (Å²) < 4.78 is 10.7. The number of nitrogens with zero attached hydrogens (tertiary/aromatic N) is 1. The van der Waals surface area contributed by atoms with Crippen molar-refractivity contribution < 1.29 is 9.47 Å². The van der Waals surface area contributed by atoms with Crippen LogP contribution in [0.5, 0.6) is 5.75 Å². The van der Waals surface area contributed by atoms with E-state index in [2.05, 4.69) is 42.7 Å². The molecule has 1 aromatic rings. The summed E-state index contributed by atoms with van der Waals surface area (Å²) in [5.41, 5.74) is 2.79.